The van der Waals surface area contributed by atoms with Crippen LogP contribution >= 0.6 is 0 Å². The molecule has 0 aromatic rings. The van der Waals surface area contributed by atoms with E-state index in [2.05, 4.69) is 47.6 Å². The van der Waals surface area contributed by atoms with Crippen LogP contribution in [0, 0.1) is 46.3 Å². The predicted molar refractivity (Wildman–Crippen MR) is 124 cm³/mol. The second kappa shape index (κ2) is 7.31. The lowest BCUT2D eigenvalue weighted by atomic mass is 9.46. The van der Waals surface area contributed by atoms with Crippen molar-refractivity contribution in [1.29, 1.82) is 0 Å². The van der Waals surface area contributed by atoms with Gasteiger partial charge in [-0.15, -0.1) is 0 Å². The molecule has 1 aliphatic heterocycles. The molecule has 0 amide bonds. The molecule has 0 aromatic carbocycles. The first-order chi connectivity index (χ1) is 14.5. The van der Waals surface area contributed by atoms with Gasteiger partial charge >= 0.3 is 0 Å². The van der Waals surface area contributed by atoms with E-state index in [1.165, 1.54) is 12.0 Å². The second-order valence-electron chi connectivity index (χ2n) is 13.0. The van der Waals surface area contributed by atoms with Crippen LogP contribution in [0.4, 0.5) is 0 Å². The van der Waals surface area contributed by atoms with Crippen molar-refractivity contribution >= 4 is 0 Å². The molecule has 0 spiro atoms. The highest BCUT2D eigenvalue weighted by Gasteiger charge is 2.67. The molecule has 5 aliphatic rings. The van der Waals surface area contributed by atoms with E-state index < -0.39 is 5.60 Å². The third-order valence-corrected chi connectivity index (χ3v) is 11.7. The van der Waals surface area contributed by atoms with Crippen molar-refractivity contribution in [2.75, 3.05) is 0 Å². The Kier molecular flexibility index (Phi) is 5.28. The molecule has 4 fully saturated rings. The molecule has 3 heteroatoms. The molecule has 2 N–H and O–H groups in total. The molecule has 3 nitrogen and oxygen atoms in total. The molecule has 11 atom stereocenters. The number of fused-ring (bicyclic) bond motifs is 5. The molecule has 0 bridgehead atoms. The van der Waals surface area contributed by atoms with Gasteiger partial charge in [-0.2, -0.15) is 0 Å². The van der Waals surface area contributed by atoms with Crippen molar-refractivity contribution in [3.63, 3.8) is 0 Å². The topological polar surface area (TPSA) is 53.0 Å². The molecule has 0 aromatic heterocycles. The maximum absolute atomic E-state index is 12.3. The monoisotopic (exact) mass is 430 g/mol. The van der Waals surface area contributed by atoms with Crippen LogP contribution in [0.15, 0.2) is 11.6 Å². The Balaban J connectivity index is 1.38. The zero-order valence-corrected chi connectivity index (χ0v) is 20.7. The summed E-state index contributed by atoms with van der Waals surface area (Å²) in [4.78, 5) is 0. The van der Waals surface area contributed by atoms with Crippen molar-refractivity contribution < 1.29 is 14.9 Å². The number of hydrogen-bond acceptors (Lipinski definition) is 3. The SMILES string of the molecule is CC(C)C(C)C1OC1C(C)[C@@]1(O)CCC2C3CC=C4C[C@@H](O)CC[C@]4(C)C3CC[C@@]21C. The van der Waals surface area contributed by atoms with E-state index in [9.17, 15) is 10.2 Å². The van der Waals surface area contributed by atoms with E-state index in [1.807, 2.05) is 0 Å². The number of rotatable bonds is 4. The summed E-state index contributed by atoms with van der Waals surface area (Å²) in [5.74, 6) is 3.41. The van der Waals surface area contributed by atoms with E-state index in [0.717, 1.165) is 50.9 Å². The van der Waals surface area contributed by atoms with Gasteiger partial charge in [-0.1, -0.05) is 53.2 Å². The van der Waals surface area contributed by atoms with Crippen LogP contribution in [0.2, 0.25) is 0 Å². The average Bonchev–Trinajstić information content (AvgIpc) is 3.47. The van der Waals surface area contributed by atoms with Crippen molar-refractivity contribution in [2.24, 2.45) is 46.3 Å². The predicted octanol–water partition coefficient (Wildman–Crippen LogP) is 5.74. The first-order valence-corrected chi connectivity index (χ1v) is 13.3. The van der Waals surface area contributed by atoms with Gasteiger partial charge in [0.05, 0.1) is 23.9 Å². The summed E-state index contributed by atoms with van der Waals surface area (Å²) in [6.07, 6.45) is 11.5. The summed E-state index contributed by atoms with van der Waals surface area (Å²) in [6.45, 7) is 14.1. The fraction of sp³-hybridized carbons (Fsp3) is 0.929. The van der Waals surface area contributed by atoms with Crippen molar-refractivity contribution in [3.05, 3.63) is 11.6 Å². The standard InChI is InChI=1S/C28H46O3/c1-16(2)17(3)24-25(31-24)18(4)28(30)14-11-23-21-8-7-19-15-20(29)9-12-26(19,5)22(21)10-13-27(23,28)6/h7,16-18,20-25,29-30H,8-15H2,1-6H3/t17?,18?,20-,21?,22?,23?,24?,25?,26-,27-,28-/m0/s1. The minimum atomic E-state index is -0.605. The van der Waals surface area contributed by atoms with Crippen molar-refractivity contribution in [2.45, 2.75) is 117 Å². The molecule has 7 unspecified atom stereocenters. The molecule has 1 heterocycles. The molecule has 5 rings (SSSR count). The van der Waals surface area contributed by atoms with E-state index >= 15 is 0 Å². The second-order valence-corrected chi connectivity index (χ2v) is 13.0. The van der Waals surface area contributed by atoms with Crippen molar-refractivity contribution in [3.8, 4) is 0 Å². The third-order valence-electron chi connectivity index (χ3n) is 11.7. The molecule has 0 radical (unpaired) electrons. The minimum absolute atomic E-state index is 0.00103. The molecule has 3 saturated carbocycles. The summed E-state index contributed by atoms with van der Waals surface area (Å²) in [7, 11) is 0. The largest absolute Gasteiger partial charge is 0.393 e. The number of aliphatic hydroxyl groups excluding tert-OH is 1. The van der Waals surface area contributed by atoms with Gasteiger partial charge in [-0.3, -0.25) is 0 Å². The summed E-state index contributed by atoms with van der Waals surface area (Å²) < 4.78 is 6.21. The van der Waals surface area contributed by atoms with Gasteiger partial charge < -0.3 is 14.9 Å². The number of hydrogen-bond donors (Lipinski definition) is 2. The van der Waals surface area contributed by atoms with Crippen molar-refractivity contribution in [1.82, 2.24) is 0 Å². The highest BCUT2D eigenvalue weighted by Crippen LogP contribution is 2.69. The van der Waals surface area contributed by atoms with Gasteiger partial charge in [0.25, 0.3) is 0 Å². The Labute approximate surface area is 190 Å². The van der Waals surface area contributed by atoms with Gasteiger partial charge in [0.15, 0.2) is 0 Å². The van der Waals surface area contributed by atoms with Crippen LogP contribution in [0.1, 0.15) is 92.9 Å². The van der Waals surface area contributed by atoms with E-state index in [4.69, 9.17) is 4.74 Å². The number of allylic oxidation sites excluding steroid dienone is 1. The average molecular weight is 431 g/mol. The Morgan fingerprint density at radius 1 is 0.968 bits per heavy atom. The van der Waals surface area contributed by atoms with Gasteiger partial charge in [-0.25, -0.2) is 0 Å². The van der Waals surface area contributed by atoms with Crippen LogP contribution < -0.4 is 0 Å². The Morgan fingerprint density at radius 3 is 2.39 bits per heavy atom. The molecule has 1 saturated heterocycles. The molecule has 4 aliphatic carbocycles. The number of ether oxygens (including phenoxy) is 1. The number of epoxide rings is 1. The van der Waals surface area contributed by atoms with E-state index in [1.54, 1.807) is 0 Å². The third kappa shape index (κ3) is 3.08. The first kappa shape index (κ1) is 22.4. The lowest BCUT2D eigenvalue weighted by molar-refractivity contribution is -0.152. The van der Waals surface area contributed by atoms with E-state index in [-0.39, 0.29) is 29.0 Å². The van der Waals surface area contributed by atoms with Gasteiger partial charge in [0.1, 0.15) is 0 Å². The van der Waals surface area contributed by atoms with Gasteiger partial charge in [-0.05, 0) is 91.8 Å². The van der Waals surface area contributed by atoms with Crippen LogP contribution in [-0.2, 0) is 4.74 Å². The highest BCUT2D eigenvalue weighted by atomic mass is 16.6. The summed E-state index contributed by atoms with van der Waals surface area (Å²) in [5, 5.41) is 22.5. The van der Waals surface area contributed by atoms with Crippen LogP contribution in [-0.4, -0.2) is 34.1 Å². The van der Waals surface area contributed by atoms with Crippen LogP contribution in [0.3, 0.4) is 0 Å². The molecule has 176 valence electrons. The summed E-state index contributed by atoms with van der Waals surface area (Å²) >= 11 is 0. The lowest BCUT2D eigenvalue weighted by Gasteiger charge is -2.59. The molecular formula is C28H46O3. The zero-order chi connectivity index (χ0) is 22.3. The molecule has 31 heavy (non-hydrogen) atoms. The van der Waals surface area contributed by atoms with Crippen LogP contribution in [0.25, 0.3) is 0 Å². The lowest BCUT2D eigenvalue weighted by Crippen LogP contribution is -2.57. The maximum Gasteiger partial charge on any atom is 0.0897 e. The fourth-order valence-corrected chi connectivity index (χ4v) is 9.05. The smallest absolute Gasteiger partial charge is 0.0897 e. The summed E-state index contributed by atoms with van der Waals surface area (Å²) in [6, 6.07) is 0. The van der Waals surface area contributed by atoms with E-state index in [0.29, 0.717) is 29.8 Å². The van der Waals surface area contributed by atoms with Gasteiger partial charge in [0.2, 0.25) is 0 Å². The zero-order valence-electron chi connectivity index (χ0n) is 20.7. The molecular weight excluding hydrogens is 384 g/mol. The normalized spacial score (nSPS) is 53.3. The minimum Gasteiger partial charge on any atom is -0.393 e. The summed E-state index contributed by atoms with van der Waals surface area (Å²) in [5.41, 5.74) is 1.20. The first-order valence-electron chi connectivity index (χ1n) is 13.3. The number of aliphatic hydroxyl groups is 2. The van der Waals surface area contributed by atoms with Gasteiger partial charge in [0, 0.05) is 5.92 Å². The highest BCUT2D eigenvalue weighted by molar-refractivity contribution is 5.26. The Hall–Kier alpha value is -0.380. The Bertz CT molecular complexity index is 745. The maximum atomic E-state index is 12.3. The quantitative estimate of drug-likeness (QED) is 0.442. The fourth-order valence-electron chi connectivity index (χ4n) is 9.05. The Morgan fingerprint density at radius 2 is 1.68 bits per heavy atom. The van der Waals surface area contributed by atoms with Crippen LogP contribution in [0.5, 0.6) is 0 Å².